The molecule has 0 aromatic heterocycles. The van der Waals surface area contributed by atoms with Gasteiger partial charge >= 0.3 is 6.61 Å². The number of nitrogens with zero attached hydrogens (tertiary/aromatic N) is 1. The lowest BCUT2D eigenvalue weighted by Crippen LogP contribution is -2.32. The molecule has 0 spiro atoms. The van der Waals surface area contributed by atoms with Crippen LogP contribution in [-0.4, -0.2) is 37.8 Å². The zero-order chi connectivity index (χ0) is 15.1. The summed E-state index contributed by atoms with van der Waals surface area (Å²) in [6, 6.07) is 5.05. The van der Waals surface area contributed by atoms with Crippen LogP contribution in [0.5, 0.6) is 11.5 Å². The molecule has 0 radical (unpaired) electrons. The summed E-state index contributed by atoms with van der Waals surface area (Å²) in [5.41, 5.74) is 6.69. The third kappa shape index (κ3) is 5.71. The molecule has 1 aromatic carbocycles. The normalized spacial score (nSPS) is 12.8. The van der Waals surface area contributed by atoms with E-state index < -0.39 is 6.61 Å². The number of halogens is 2. The Bertz CT molecular complexity index is 414. The topological polar surface area (TPSA) is 47.7 Å². The van der Waals surface area contributed by atoms with Crippen LogP contribution in [0, 0.1) is 0 Å². The van der Waals surface area contributed by atoms with Crippen LogP contribution in [0.3, 0.4) is 0 Å². The summed E-state index contributed by atoms with van der Waals surface area (Å²) >= 11 is 0. The first-order valence-electron chi connectivity index (χ1n) is 6.57. The summed E-state index contributed by atoms with van der Waals surface area (Å²) in [5, 5.41) is 0. The Hall–Kier alpha value is -1.40. The van der Waals surface area contributed by atoms with E-state index in [0.29, 0.717) is 18.9 Å². The van der Waals surface area contributed by atoms with Crippen molar-refractivity contribution >= 4 is 0 Å². The monoisotopic (exact) mass is 288 g/mol. The van der Waals surface area contributed by atoms with Gasteiger partial charge in [-0.3, -0.25) is 0 Å². The van der Waals surface area contributed by atoms with Crippen LogP contribution in [0.25, 0.3) is 0 Å². The minimum atomic E-state index is -2.86. The molecule has 0 aliphatic carbocycles. The van der Waals surface area contributed by atoms with Crippen LogP contribution in [-0.2, 0) is 6.54 Å². The highest BCUT2D eigenvalue weighted by Gasteiger charge is 2.12. The van der Waals surface area contributed by atoms with Crippen LogP contribution in [0.1, 0.15) is 19.4 Å². The second-order valence-corrected chi connectivity index (χ2v) is 4.77. The van der Waals surface area contributed by atoms with E-state index in [-0.39, 0.29) is 11.8 Å². The van der Waals surface area contributed by atoms with Gasteiger partial charge in [0.1, 0.15) is 0 Å². The fourth-order valence-electron chi connectivity index (χ4n) is 1.98. The fourth-order valence-corrected chi connectivity index (χ4v) is 1.98. The highest BCUT2D eigenvalue weighted by atomic mass is 19.3. The second-order valence-electron chi connectivity index (χ2n) is 4.77. The second kappa shape index (κ2) is 8.01. The number of ether oxygens (including phenoxy) is 2. The Kier molecular flexibility index (Phi) is 6.67. The highest BCUT2D eigenvalue weighted by molar-refractivity contribution is 5.43. The number of alkyl halides is 2. The van der Waals surface area contributed by atoms with Crippen molar-refractivity contribution in [1.82, 2.24) is 4.90 Å². The van der Waals surface area contributed by atoms with Crippen molar-refractivity contribution in [1.29, 1.82) is 0 Å². The van der Waals surface area contributed by atoms with Crippen molar-refractivity contribution in [3.63, 3.8) is 0 Å². The molecule has 0 amide bonds. The molecule has 4 nitrogen and oxygen atoms in total. The minimum Gasteiger partial charge on any atom is -0.490 e. The zero-order valence-corrected chi connectivity index (χ0v) is 12.1. The quantitative estimate of drug-likeness (QED) is 0.798. The van der Waals surface area contributed by atoms with Crippen LogP contribution < -0.4 is 15.2 Å². The van der Waals surface area contributed by atoms with Crippen LogP contribution in [0.4, 0.5) is 8.78 Å². The lowest BCUT2D eigenvalue weighted by molar-refractivity contribution is -0.0514. The molecule has 1 unspecified atom stereocenters. The number of likely N-dealkylation sites (N-methyl/N-ethyl adjacent to an activating group) is 1. The van der Waals surface area contributed by atoms with Crippen molar-refractivity contribution in [2.75, 3.05) is 20.2 Å². The molecule has 0 fully saturated rings. The number of nitrogens with two attached hydrogens (primary N) is 1. The third-order valence-electron chi connectivity index (χ3n) is 2.58. The third-order valence-corrected chi connectivity index (χ3v) is 2.58. The summed E-state index contributed by atoms with van der Waals surface area (Å²) in [6.07, 6.45) is 0. The predicted octanol–water partition coefficient (Wildman–Crippen LogP) is 2.47. The number of hydrogen-bond donors (Lipinski definition) is 1. The zero-order valence-electron chi connectivity index (χ0n) is 12.1. The average Bonchev–Trinajstić information content (AvgIpc) is 2.31. The van der Waals surface area contributed by atoms with Crippen LogP contribution in [0.15, 0.2) is 18.2 Å². The molecule has 0 saturated carbocycles. The van der Waals surface area contributed by atoms with E-state index >= 15 is 0 Å². The standard InChI is InChI=1S/C14H22F2N2O2/c1-4-19-13-7-11(9-18(3)8-10(2)17)5-6-12(13)20-14(15)16/h5-7,10,14H,4,8-9,17H2,1-3H3. The largest absolute Gasteiger partial charge is 0.490 e. The maximum Gasteiger partial charge on any atom is 0.387 e. The van der Waals surface area contributed by atoms with E-state index in [1.807, 2.05) is 14.0 Å². The molecule has 1 rings (SSSR count). The van der Waals surface area contributed by atoms with Gasteiger partial charge in [0, 0.05) is 19.1 Å². The maximum atomic E-state index is 12.3. The van der Waals surface area contributed by atoms with E-state index in [9.17, 15) is 8.78 Å². The molecule has 6 heteroatoms. The Labute approximate surface area is 118 Å². The van der Waals surface area contributed by atoms with Gasteiger partial charge in [-0.1, -0.05) is 6.07 Å². The molecular formula is C14H22F2N2O2. The summed E-state index contributed by atoms with van der Waals surface area (Å²) < 4.78 is 34.4. The van der Waals surface area contributed by atoms with Crippen molar-refractivity contribution in [2.45, 2.75) is 33.0 Å². The smallest absolute Gasteiger partial charge is 0.387 e. The van der Waals surface area contributed by atoms with Gasteiger partial charge in [0.05, 0.1) is 6.61 Å². The van der Waals surface area contributed by atoms with Gasteiger partial charge in [0.2, 0.25) is 0 Å². The predicted molar refractivity (Wildman–Crippen MR) is 74.2 cm³/mol. The molecule has 0 saturated heterocycles. The molecule has 0 heterocycles. The number of hydrogen-bond acceptors (Lipinski definition) is 4. The fraction of sp³-hybridized carbons (Fsp3) is 0.571. The van der Waals surface area contributed by atoms with Gasteiger partial charge in [0.25, 0.3) is 0 Å². The molecule has 0 bridgehead atoms. The summed E-state index contributed by atoms with van der Waals surface area (Å²) in [5.74, 6) is 0.389. The molecule has 1 atom stereocenters. The van der Waals surface area contributed by atoms with Crippen LogP contribution >= 0.6 is 0 Å². The van der Waals surface area contributed by atoms with Crippen molar-refractivity contribution < 1.29 is 18.3 Å². The molecule has 0 aliphatic rings. The van der Waals surface area contributed by atoms with Gasteiger partial charge in [-0.05, 0) is 38.6 Å². The molecule has 2 N–H and O–H groups in total. The van der Waals surface area contributed by atoms with E-state index in [2.05, 4.69) is 9.64 Å². The van der Waals surface area contributed by atoms with Gasteiger partial charge in [-0.15, -0.1) is 0 Å². The van der Waals surface area contributed by atoms with Gasteiger partial charge in [0.15, 0.2) is 11.5 Å². The Morgan fingerprint density at radius 3 is 2.55 bits per heavy atom. The van der Waals surface area contributed by atoms with Crippen LogP contribution in [0.2, 0.25) is 0 Å². The summed E-state index contributed by atoms with van der Waals surface area (Å²) in [6.45, 7) is 2.66. The van der Waals surface area contributed by atoms with E-state index in [1.54, 1.807) is 19.1 Å². The molecule has 1 aromatic rings. The van der Waals surface area contributed by atoms with E-state index in [1.165, 1.54) is 6.07 Å². The first-order chi connectivity index (χ1) is 9.42. The van der Waals surface area contributed by atoms with Crippen molar-refractivity contribution in [3.8, 4) is 11.5 Å². The Morgan fingerprint density at radius 2 is 2.00 bits per heavy atom. The summed E-state index contributed by atoms with van der Waals surface area (Å²) in [4.78, 5) is 2.06. The highest BCUT2D eigenvalue weighted by Crippen LogP contribution is 2.30. The first-order valence-corrected chi connectivity index (χ1v) is 6.57. The van der Waals surface area contributed by atoms with Crippen molar-refractivity contribution in [2.24, 2.45) is 5.73 Å². The molecular weight excluding hydrogens is 266 g/mol. The molecule has 20 heavy (non-hydrogen) atoms. The minimum absolute atomic E-state index is 0.0560. The lowest BCUT2D eigenvalue weighted by Gasteiger charge is -2.20. The van der Waals surface area contributed by atoms with Gasteiger partial charge < -0.3 is 20.1 Å². The molecule has 114 valence electrons. The molecule has 0 aliphatic heterocycles. The van der Waals surface area contributed by atoms with Crippen molar-refractivity contribution in [3.05, 3.63) is 23.8 Å². The Morgan fingerprint density at radius 1 is 1.30 bits per heavy atom. The number of benzene rings is 1. The summed E-state index contributed by atoms with van der Waals surface area (Å²) in [7, 11) is 1.95. The van der Waals surface area contributed by atoms with E-state index in [0.717, 1.165) is 12.1 Å². The maximum absolute atomic E-state index is 12.3. The number of rotatable bonds is 8. The lowest BCUT2D eigenvalue weighted by atomic mass is 10.2. The van der Waals surface area contributed by atoms with E-state index in [4.69, 9.17) is 10.5 Å². The first kappa shape index (κ1) is 16.7. The SMILES string of the molecule is CCOc1cc(CN(C)CC(C)N)ccc1OC(F)F. The Balaban J connectivity index is 2.81. The van der Waals surface area contributed by atoms with Gasteiger partial charge in [-0.2, -0.15) is 8.78 Å². The van der Waals surface area contributed by atoms with Gasteiger partial charge in [-0.25, -0.2) is 0 Å². The average molecular weight is 288 g/mol.